The van der Waals surface area contributed by atoms with Gasteiger partial charge in [0.2, 0.25) is 0 Å². The van der Waals surface area contributed by atoms with Gasteiger partial charge < -0.3 is 0 Å². The Kier molecular flexibility index (Phi) is 4.93. The molecule has 0 bridgehead atoms. The average molecular weight is 239 g/mol. The van der Waals surface area contributed by atoms with Gasteiger partial charge in [-0.15, -0.1) is 4.91 Å². The van der Waals surface area contributed by atoms with Gasteiger partial charge in [-0.05, 0) is 27.2 Å². The molecule has 0 radical (unpaired) electrons. The monoisotopic (exact) mass is 239 g/mol. The predicted octanol–water partition coefficient (Wildman–Crippen LogP) is 3.26. The molecule has 0 heterocycles. The molecule has 17 heavy (non-hydrogen) atoms. The summed E-state index contributed by atoms with van der Waals surface area (Å²) in [6.07, 6.45) is 2.00. The minimum atomic E-state index is -1.35. The molecule has 96 valence electrons. The summed E-state index contributed by atoms with van der Waals surface area (Å²) in [4.78, 5) is 34.3. The highest BCUT2D eigenvalue weighted by molar-refractivity contribution is 6.08. The maximum absolute atomic E-state index is 12.3. The number of hydrogen-bond acceptors (Lipinski definition) is 3. The Morgan fingerprint density at radius 1 is 1.12 bits per heavy atom. The molecule has 0 aliphatic heterocycles. The molecule has 1 unspecified atom stereocenters. The van der Waals surface area contributed by atoms with E-state index < -0.39 is 16.7 Å². The normalized spacial score (nSPS) is 14.7. The quantitative estimate of drug-likeness (QED) is 0.429. The molecule has 0 aliphatic rings. The van der Waals surface area contributed by atoms with Crippen LogP contribution in [0.4, 0.5) is 0 Å². The van der Waals surface area contributed by atoms with E-state index in [-0.39, 0.29) is 12.2 Å². The molecule has 0 spiro atoms. The van der Waals surface area contributed by atoms with Gasteiger partial charge in [0, 0.05) is 10.6 Å². The molecule has 0 aromatic heterocycles. The zero-order chi connectivity index (χ0) is 13.9. The highest BCUT2D eigenvalue weighted by Gasteiger charge is 2.45. The fourth-order valence-corrected chi connectivity index (χ4v) is 1.61. The van der Waals surface area contributed by atoms with Gasteiger partial charge in [-0.25, -0.2) is 0 Å². The Morgan fingerprint density at radius 3 is 1.88 bits per heavy atom. The van der Waals surface area contributed by atoms with Gasteiger partial charge in [0.25, 0.3) is 5.91 Å². The van der Waals surface area contributed by atoms with Crippen molar-refractivity contribution in [3.05, 3.63) is 16.6 Å². The van der Waals surface area contributed by atoms with E-state index in [2.05, 4.69) is 5.18 Å². The third-order valence-electron chi connectivity index (χ3n) is 2.66. The Labute approximate surface area is 102 Å². The zero-order valence-electron chi connectivity index (χ0n) is 11.5. The number of rotatable bonds is 4. The number of carbonyl (C=O) groups excluding carboxylic acids is 2. The number of ketones is 1. The molecule has 0 saturated heterocycles. The van der Waals surface area contributed by atoms with Gasteiger partial charge >= 0.3 is 0 Å². The van der Waals surface area contributed by atoms with Crippen LogP contribution in [-0.4, -0.2) is 11.7 Å². The molecule has 0 saturated carbocycles. The zero-order valence-corrected chi connectivity index (χ0v) is 11.5. The van der Waals surface area contributed by atoms with Gasteiger partial charge in [-0.1, -0.05) is 32.4 Å². The Balaban J connectivity index is 5.40. The molecule has 0 rings (SSSR count). The number of nitrogens with zero attached hydrogens (tertiary/aromatic N) is 1. The molecule has 1 atom stereocenters. The van der Waals surface area contributed by atoms with Crippen LogP contribution in [0.15, 0.2) is 16.8 Å². The van der Waals surface area contributed by atoms with E-state index in [0.717, 1.165) is 5.57 Å². The first-order valence-electron chi connectivity index (χ1n) is 5.61. The van der Waals surface area contributed by atoms with Crippen LogP contribution in [0.25, 0.3) is 0 Å². The molecule has 0 aromatic carbocycles. The summed E-state index contributed by atoms with van der Waals surface area (Å²) in [5, 5.41) is 2.43. The van der Waals surface area contributed by atoms with Gasteiger partial charge in [0.15, 0.2) is 5.78 Å². The number of Topliss-reactive ketones (excluding diaryl/α,β-unsaturated/α-hetero) is 1. The molecule has 1 amide bonds. The van der Waals surface area contributed by atoms with E-state index in [0.29, 0.717) is 0 Å². The lowest BCUT2D eigenvalue weighted by molar-refractivity contribution is -0.144. The first kappa shape index (κ1) is 15.7. The minimum Gasteiger partial charge on any atom is -0.298 e. The first-order valence-corrected chi connectivity index (χ1v) is 5.61. The second-order valence-corrected chi connectivity index (χ2v) is 5.79. The van der Waals surface area contributed by atoms with Crippen molar-refractivity contribution in [1.82, 2.24) is 0 Å². The molecule has 0 N–H and O–H groups in total. The second kappa shape index (κ2) is 5.34. The van der Waals surface area contributed by atoms with Crippen LogP contribution in [0.1, 0.15) is 48.0 Å². The smallest absolute Gasteiger partial charge is 0.298 e. The third-order valence-corrected chi connectivity index (χ3v) is 2.66. The van der Waals surface area contributed by atoms with Crippen LogP contribution < -0.4 is 0 Å². The SMILES string of the molecule is CC(C)=CCC(C)(C(=O)N=O)C(=O)C(C)(C)C. The largest absolute Gasteiger partial charge is 0.299 e. The Morgan fingerprint density at radius 2 is 1.59 bits per heavy atom. The van der Waals surface area contributed by atoms with E-state index >= 15 is 0 Å². The summed E-state index contributed by atoms with van der Waals surface area (Å²) in [5.74, 6) is -1.15. The summed E-state index contributed by atoms with van der Waals surface area (Å²) in [6, 6.07) is 0. The summed E-state index contributed by atoms with van der Waals surface area (Å²) < 4.78 is 0. The van der Waals surface area contributed by atoms with Gasteiger partial charge in [0.1, 0.15) is 5.41 Å². The van der Waals surface area contributed by atoms with E-state index in [1.54, 1.807) is 26.8 Å². The summed E-state index contributed by atoms with van der Waals surface area (Å²) >= 11 is 0. The van der Waals surface area contributed by atoms with Crippen LogP contribution in [0.2, 0.25) is 0 Å². The van der Waals surface area contributed by atoms with Crippen molar-refractivity contribution >= 4 is 11.7 Å². The molecule has 4 nitrogen and oxygen atoms in total. The van der Waals surface area contributed by atoms with E-state index in [4.69, 9.17) is 0 Å². The minimum absolute atomic E-state index is 0.218. The number of nitroso groups, excluding NO2 is 1. The Bertz CT molecular complexity index is 359. The fraction of sp³-hybridized carbons (Fsp3) is 0.692. The number of carbonyl (C=O) groups is 2. The van der Waals surface area contributed by atoms with Crippen LogP contribution in [-0.2, 0) is 9.59 Å². The lowest BCUT2D eigenvalue weighted by Crippen LogP contribution is -2.42. The van der Waals surface area contributed by atoms with Crippen molar-refractivity contribution in [3.8, 4) is 0 Å². The molecule has 0 fully saturated rings. The molecule has 0 aliphatic carbocycles. The van der Waals surface area contributed by atoms with Crippen molar-refractivity contribution in [2.24, 2.45) is 16.0 Å². The second-order valence-electron chi connectivity index (χ2n) is 5.79. The van der Waals surface area contributed by atoms with Crippen molar-refractivity contribution in [1.29, 1.82) is 0 Å². The van der Waals surface area contributed by atoms with E-state index in [1.165, 1.54) is 6.92 Å². The summed E-state index contributed by atoms with van der Waals surface area (Å²) in [7, 11) is 0. The van der Waals surface area contributed by atoms with Crippen molar-refractivity contribution < 1.29 is 9.59 Å². The molecular formula is C13H21NO3. The predicted molar refractivity (Wildman–Crippen MR) is 67.4 cm³/mol. The lowest BCUT2D eigenvalue weighted by atomic mass is 9.71. The molecule has 4 heteroatoms. The highest BCUT2D eigenvalue weighted by Crippen LogP contribution is 2.34. The van der Waals surface area contributed by atoms with Crippen LogP contribution in [0.5, 0.6) is 0 Å². The molecule has 0 aromatic rings. The van der Waals surface area contributed by atoms with Gasteiger partial charge in [0.05, 0.1) is 0 Å². The van der Waals surface area contributed by atoms with Crippen molar-refractivity contribution in [2.75, 3.05) is 0 Å². The van der Waals surface area contributed by atoms with Gasteiger partial charge in [-0.3, -0.25) is 9.59 Å². The average Bonchev–Trinajstić information content (AvgIpc) is 2.22. The van der Waals surface area contributed by atoms with E-state index in [9.17, 15) is 14.5 Å². The maximum Gasteiger partial charge on any atom is 0.299 e. The highest BCUT2D eigenvalue weighted by atomic mass is 16.3. The summed E-state index contributed by atoms with van der Waals surface area (Å²) in [6.45, 7) is 10.4. The van der Waals surface area contributed by atoms with Crippen LogP contribution in [0, 0.1) is 15.7 Å². The van der Waals surface area contributed by atoms with E-state index in [1.807, 2.05) is 13.8 Å². The fourth-order valence-electron chi connectivity index (χ4n) is 1.61. The molecular weight excluding hydrogens is 218 g/mol. The first-order chi connectivity index (χ1) is 7.55. The maximum atomic E-state index is 12.3. The summed E-state index contributed by atoms with van der Waals surface area (Å²) in [5.41, 5.74) is -1.03. The number of amides is 1. The lowest BCUT2D eigenvalue weighted by Gasteiger charge is -2.29. The number of allylic oxidation sites excluding steroid dienone is 2. The number of hydrogen-bond donors (Lipinski definition) is 0. The third kappa shape index (κ3) is 3.88. The standard InChI is InChI=1S/C13H21NO3/c1-9(2)7-8-13(6,11(16)14-17)10(15)12(3,4)5/h7H,8H2,1-6H3. The Hall–Kier alpha value is -1.32. The van der Waals surface area contributed by atoms with Crippen molar-refractivity contribution in [2.45, 2.75) is 48.0 Å². The van der Waals surface area contributed by atoms with Crippen LogP contribution in [0.3, 0.4) is 0 Å². The topological polar surface area (TPSA) is 63.6 Å². The van der Waals surface area contributed by atoms with Crippen LogP contribution >= 0.6 is 0 Å². The van der Waals surface area contributed by atoms with Gasteiger partial charge in [-0.2, -0.15) is 0 Å². The van der Waals surface area contributed by atoms with Crippen molar-refractivity contribution in [3.63, 3.8) is 0 Å².